The largest absolute Gasteiger partial charge is 0.380 e. The summed E-state index contributed by atoms with van der Waals surface area (Å²) in [7, 11) is 0. The number of non-ortho nitro benzene ring substituents is 1. The van der Waals surface area contributed by atoms with E-state index in [0.29, 0.717) is 30.1 Å². The van der Waals surface area contributed by atoms with E-state index >= 15 is 0 Å². The second-order valence-corrected chi connectivity index (χ2v) is 7.75. The van der Waals surface area contributed by atoms with Gasteiger partial charge in [-0.15, -0.1) is 0 Å². The normalized spacial score (nSPS) is 11.9. The lowest BCUT2D eigenvalue weighted by atomic mass is 10.0. The number of aryl methyl sites for hydroxylation is 2. The molecule has 1 amide bonds. The minimum absolute atomic E-state index is 0.00784. The van der Waals surface area contributed by atoms with E-state index < -0.39 is 4.92 Å². The summed E-state index contributed by atoms with van der Waals surface area (Å²) in [6.07, 6.45) is 0.209. The van der Waals surface area contributed by atoms with Gasteiger partial charge in [-0.1, -0.05) is 29.5 Å². The summed E-state index contributed by atoms with van der Waals surface area (Å²) in [5.41, 5.74) is 3.92. The molecular formula is C21H23N3O4S. The molecule has 3 rings (SSSR count). The molecule has 2 aromatic carbocycles. The smallest absolute Gasteiger partial charge is 0.271 e. The number of hydrogen-bond donors (Lipinski definition) is 0. The zero-order valence-corrected chi connectivity index (χ0v) is 17.5. The van der Waals surface area contributed by atoms with E-state index in [0.717, 1.165) is 15.8 Å². The maximum absolute atomic E-state index is 12.6. The lowest BCUT2D eigenvalue weighted by Crippen LogP contribution is -2.20. The number of amides is 1. The zero-order chi connectivity index (χ0) is 21.0. The van der Waals surface area contributed by atoms with Gasteiger partial charge in [-0.05, 0) is 43.5 Å². The molecule has 0 atom stereocenters. The van der Waals surface area contributed by atoms with Gasteiger partial charge in [-0.2, -0.15) is 4.99 Å². The van der Waals surface area contributed by atoms with Crippen LogP contribution in [0.4, 0.5) is 5.69 Å². The van der Waals surface area contributed by atoms with Gasteiger partial charge >= 0.3 is 0 Å². The maximum atomic E-state index is 12.6. The number of nitro groups is 1. The van der Waals surface area contributed by atoms with Crippen molar-refractivity contribution in [2.24, 2.45) is 4.99 Å². The molecule has 0 spiro atoms. The topological polar surface area (TPSA) is 86.7 Å². The lowest BCUT2D eigenvalue weighted by Gasteiger charge is -2.06. The molecule has 8 heteroatoms. The Balaban J connectivity index is 1.98. The average Bonchev–Trinajstić information content (AvgIpc) is 3.01. The Kier molecular flexibility index (Phi) is 6.56. The van der Waals surface area contributed by atoms with Crippen LogP contribution in [0, 0.1) is 24.0 Å². The van der Waals surface area contributed by atoms with Crippen molar-refractivity contribution in [1.82, 2.24) is 4.57 Å². The highest BCUT2D eigenvalue weighted by Gasteiger charge is 2.13. The molecule has 0 unspecified atom stereocenters. The number of carbonyl (C=O) groups excluding carboxylic acids is 1. The standard InChI is InChI=1S/C21H23N3O4S/c1-4-28-10-9-23-18-13-17(24(26)27)7-8-19(18)29-21(23)22-20(25)12-16-6-5-14(2)15(3)11-16/h5-8,11,13H,4,9-10,12H2,1-3H3. The first-order valence-corrected chi connectivity index (χ1v) is 10.2. The number of ether oxygens (including phenoxy) is 1. The number of nitro benzene ring substituents is 1. The number of rotatable bonds is 7. The molecule has 3 aromatic rings. The number of benzene rings is 2. The molecule has 0 fully saturated rings. The van der Waals surface area contributed by atoms with E-state index in [1.54, 1.807) is 6.07 Å². The predicted octanol–water partition coefficient (Wildman–Crippen LogP) is 3.93. The number of thiazole rings is 1. The minimum Gasteiger partial charge on any atom is -0.380 e. The molecule has 0 N–H and O–H groups in total. The van der Waals surface area contributed by atoms with Crippen LogP contribution in [0.15, 0.2) is 41.4 Å². The Morgan fingerprint density at radius 1 is 1.21 bits per heavy atom. The molecular weight excluding hydrogens is 390 g/mol. The number of carbonyl (C=O) groups is 1. The quantitative estimate of drug-likeness (QED) is 0.334. The van der Waals surface area contributed by atoms with Crippen LogP contribution in [0.1, 0.15) is 23.6 Å². The van der Waals surface area contributed by atoms with Crippen LogP contribution >= 0.6 is 11.3 Å². The number of aromatic nitrogens is 1. The Morgan fingerprint density at radius 2 is 2.00 bits per heavy atom. The Morgan fingerprint density at radius 3 is 2.69 bits per heavy atom. The molecule has 0 bridgehead atoms. The number of hydrogen-bond acceptors (Lipinski definition) is 5. The first-order valence-electron chi connectivity index (χ1n) is 9.38. The Labute approximate surface area is 172 Å². The van der Waals surface area contributed by atoms with Gasteiger partial charge in [0.1, 0.15) is 0 Å². The molecule has 0 radical (unpaired) electrons. The summed E-state index contributed by atoms with van der Waals surface area (Å²) in [5.74, 6) is -0.250. The third-order valence-corrected chi connectivity index (χ3v) is 5.75. The van der Waals surface area contributed by atoms with Crippen LogP contribution < -0.4 is 4.80 Å². The third-order valence-electron chi connectivity index (χ3n) is 4.69. The molecule has 0 saturated heterocycles. The summed E-state index contributed by atoms with van der Waals surface area (Å²) < 4.78 is 8.09. The van der Waals surface area contributed by atoms with E-state index in [2.05, 4.69) is 4.99 Å². The zero-order valence-electron chi connectivity index (χ0n) is 16.7. The number of fused-ring (bicyclic) bond motifs is 1. The maximum Gasteiger partial charge on any atom is 0.271 e. The van der Waals surface area contributed by atoms with Crippen molar-refractivity contribution in [2.45, 2.75) is 33.7 Å². The lowest BCUT2D eigenvalue weighted by molar-refractivity contribution is -0.384. The fourth-order valence-electron chi connectivity index (χ4n) is 3.01. The van der Waals surface area contributed by atoms with Crippen molar-refractivity contribution in [3.05, 3.63) is 68.0 Å². The third kappa shape index (κ3) is 4.96. The molecule has 29 heavy (non-hydrogen) atoms. The molecule has 1 heterocycles. The Bertz CT molecular complexity index is 1130. The highest BCUT2D eigenvalue weighted by molar-refractivity contribution is 7.16. The molecule has 7 nitrogen and oxygen atoms in total. The van der Waals surface area contributed by atoms with E-state index in [-0.39, 0.29) is 18.0 Å². The first-order chi connectivity index (χ1) is 13.9. The fourth-order valence-corrected chi connectivity index (χ4v) is 4.06. The second kappa shape index (κ2) is 9.11. The van der Waals surface area contributed by atoms with E-state index in [9.17, 15) is 14.9 Å². The van der Waals surface area contributed by atoms with Gasteiger partial charge in [0.15, 0.2) is 4.80 Å². The van der Waals surface area contributed by atoms with Crippen LogP contribution in [0.3, 0.4) is 0 Å². The van der Waals surface area contributed by atoms with Gasteiger partial charge in [0, 0.05) is 25.3 Å². The van der Waals surface area contributed by atoms with Crippen molar-refractivity contribution in [1.29, 1.82) is 0 Å². The molecule has 0 aliphatic heterocycles. The molecule has 152 valence electrons. The van der Waals surface area contributed by atoms with Gasteiger partial charge < -0.3 is 9.30 Å². The van der Waals surface area contributed by atoms with Crippen molar-refractivity contribution in [3.63, 3.8) is 0 Å². The van der Waals surface area contributed by atoms with Crippen molar-refractivity contribution >= 4 is 33.1 Å². The predicted molar refractivity (Wildman–Crippen MR) is 113 cm³/mol. The minimum atomic E-state index is -0.425. The van der Waals surface area contributed by atoms with E-state index in [4.69, 9.17) is 4.74 Å². The summed E-state index contributed by atoms with van der Waals surface area (Å²) >= 11 is 1.34. The monoisotopic (exact) mass is 413 g/mol. The molecule has 0 aliphatic carbocycles. The van der Waals surface area contributed by atoms with Crippen LogP contribution in [-0.4, -0.2) is 28.6 Å². The summed E-state index contributed by atoms with van der Waals surface area (Å²) in [6.45, 7) is 7.42. The van der Waals surface area contributed by atoms with E-state index in [1.165, 1.54) is 29.0 Å². The van der Waals surface area contributed by atoms with Crippen LogP contribution in [0.5, 0.6) is 0 Å². The van der Waals surface area contributed by atoms with Crippen LogP contribution in [-0.2, 0) is 22.5 Å². The Hall–Kier alpha value is -2.84. The summed E-state index contributed by atoms with van der Waals surface area (Å²) in [4.78, 5) is 28.2. The summed E-state index contributed by atoms with van der Waals surface area (Å²) in [6, 6.07) is 10.6. The number of nitrogens with zero attached hydrogens (tertiary/aromatic N) is 3. The fraction of sp³-hybridized carbons (Fsp3) is 0.333. The van der Waals surface area contributed by atoms with E-state index in [1.807, 2.05) is 43.5 Å². The highest BCUT2D eigenvalue weighted by atomic mass is 32.1. The molecule has 0 saturated carbocycles. The van der Waals surface area contributed by atoms with Crippen LogP contribution in [0.2, 0.25) is 0 Å². The first kappa shape index (κ1) is 20.9. The molecule has 1 aromatic heterocycles. The van der Waals surface area contributed by atoms with Crippen molar-refractivity contribution < 1.29 is 14.5 Å². The second-order valence-electron chi connectivity index (χ2n) is 6.74. The van der Waals surface area contributed by atoms with Crippen molar-refractivity contribution in [3.8, 4) is 0 Å². The van der Waals surface area contributed by atoms with Gasteiger partial charge in [-0.25, -0.2) is 0 Å². The van der Waals surface area contributed by atoms with Gasteiger partial charge in [-0.3, -0.25) is 14.9 Å². The highest BCUT2D eigenvalue weighted by Crippen LogP contribution is 2.23. The SMILES string of the molecule is CCOCCn1c(=NC(=O)Cc2ccc(C)c(C)c2)sc2ccc([N+](=O)[O-])cc21. The van der Waals surface area contributed by atoms with Gasteiger partial charge in [0.25, 0.3) is 11.6 Å². The average molecular weight is 413 g/mol. The summed E-state index contributed by atoms with van der Waals surface area (Å²) in [5, 5.41) is 11.2. The van der Waals surface area contributed by atoms with Crippen molar-refractivity contribution in [2.75, 3.05) is 13.2 Å². The van der Waals surface area contributed by atoms with Crippen LogP contribution in [0.25, 0.3) is 10.2 Å². The van der Waals surface area contributed by atoms with Gasteiger partial charge in [0.05, 0.1) is 28.2 Å². The molecule has 0 aliphatic rings. The van der Waals surface area contributed by atoms with Gasteiger partial charge in [0.2, 0.25) is 0 Å².